The summed E-state index contributed by atoms with van der Waals surface area (Å²) in [5.74, 6) is 1.40. The molecule has 1 N–H and O–H groups in total. The third kappa shape index (κ3) is 2.52. The standard InChI is InChI=1S/C19H14N4O2S/c24-23(25)15-7-6-14-17(22-19(21-14)11-4-5-11)18(15)26-16-3-1-2-12-10-20-9-8-13(12)16/h1-3,6-11H,4-5H2,(H,21,22). The number of nitrogens with one attached hydrogen (secondary N) is 1. The zero-order valence-corrected chi connectivity index (χ0v) is 14.5. The highest BCUT2D eigenvalue weighted by Gasteiger charge is 2.29. The van der Waals surface area contributed by atoms with Gasteiger partial charge >= 0.3 is 0 Å². The summed E-state index contributed by atoms with van der Waals surface area (Å²) in [4.78, 5) is 25.0. The van der Waals surface area contributed by atoms with E-state index in [1.54, 1.807) is 24.5 Å². The molecule has 0 amide bonds. The van der Waals surface area contributed by atoms with Crippen LogP contribution in [0.1, 0.15) is 24.6 Å². The molecule has 0 aliphatic heterocycles. The molecule has 0 spiro atoms. The van der Waals surface area contributed by atoms with Gasteiger partial charge in [-0.05, 0) is 36.4 Å². The third-order valence-electron chi connectivity index (χ3n) is 4.62. The predicted octanol–water partition coefficient (Wildman–Crippen LogP) is 5.05. The van der Waals surface area contributed by atoms with E-state index in [1.807, 2.05) is 24.3 Å². The molecule has 1 aliphatic carbocycles. The van der Waals surface area contributed by atoms with Crippen molar-refractivity contribution in [1.29, 1.82) is 0 Å². The van der Waals surface area contributed by atoms with Crippen LogP contribution in [0.3, 0.4) is 0 Å². The average molecular weight is 362 g/mol. The van der Waals surface area contributed by atoms with Crippen LogP contribution in [0.5, 0.6) is 0 Å². The summed E-state index contributed by atoms with van der Waals surface area (Å²) in [6.45, 7) is 0. The van der Waals surface area contributed by atoms with Gasteiger partial charge in [0, 0.05) is 34.7 Å². The number of benzene rings is 2. The number of imidazole rings is 1. The second-order valence-electron chi connectivity index (χ2n) is 6.42. The van der Waals surface area contributed by atoms with Crippen LogP contribution < -0.4 is 0 Å². The highest BCUT2D eigenvalue weighted by Crippen LogP contribution is 2.44. The van der Waals surface area contributed by atoms with Gasteiger partial charge in [0.15, 0.2) is 0 Å². The molecule has 2 aromatic carbocycles. The Morgan fingerprint density at radius 2 is 2.08 bits per heavy atom. The number of hydrogen-bond donors (Lipinski definition) is 1. The number of rotatable bonds is 4. The van der Waals surface area contributed by atoms with Crippen molar-refractivity contribution in [2.45, 2.75) is 28.6 Å². The molecule has 0 atom stereocenters. The summed E-state index contributed by atoms with van der Waals surface area (Å²) in [6.07, 6.45) is 5.79. The fraction of sp³-hybridized carbons (Fsp3) is 0.158. The van der Waals surface area contributed by atoms with Crippen LogP contribution in [-0.4, -0.2) is 19.9 Å². The third-order valence-corrected chi connectivity index (χ3v) is 5.80. The minimum absolute atomic E-state index is 0.0856. The van der Waals surface area contributed by atoms with Gasteiger partial charge in [0.2, 0.25) is 0 Å². The largest absolute Gasteiger partial charge is 0.342 e. The Kier molecular flexibility index (Phi) is 3.43. The summed E-state index contributed by atoms with van der Waals surface area (Å²) >= 11 is 1.40. The van der Waals surface area contributed by atoms with Gasteiger partial charge in [-0.25, -0.2) is 4.98 Å². The van der Waals surface area contributed by atoms with E-state index in [1.165, 1.54) is 11.8 Å². The topological polar surface area (TPSA) is 84.7 Å². The molecule has 0 radical (unpaired) electrons. The Morgan fingerprint density at radius 3 is 2.88 bits per heavy atom. The van der Waals surface area contributed by atoms with Crippen LogP contribution in [-0.2, 0) is 0 Å². The maximum absolute atomic E-state index is 11.6. The molecule has 4 aromatic rings. The number of nitro benzene ring substituents is 1. The number of hydrogen-bond acceptors (Lipinski definition) is 5. The van der Waals surface area contributed by atoms with Crippen molar-refractivity contribution in [3.05, 3.63) is 64.7 Å². The summed E-state index contributed by atoms with van der Waals surface area (Å²) in [5, 5.41) is 13.6. The van der Waals surface area contributed by atoms with E-state index in [0.717, 1.165) is 39.9 Å². The van der Waals surface area contributed by atoms with Crippen molar-refractivity contribution in [2.24, 2.45) is 0 Å². The minimum atomic E-state index is -0.333. The lowest BCUT2D eigenvalue weighted by molar-refractivity contribution is -0.387. The Labute approximate surface area is 152 Å². The Balaban J connectivity index is 1.71. The monoisotopic (exact) mass is 362 g/mol. The number of fused-ring (bicyclic) bond motifs is 2. The number of nitro groups is 1. The van der Waals surface area contributed by atoms with Crippen molar-refractivity contribution in [3.63, 3.8) is 0 Å². The summed E-state index contributed by atoms with van der Waals surface area (Å²) in [7, 11) is 0. The molecule has 0 bridgehead atoms. The second kappa shape index (κ2) is 5.81. The fourth-order valence-corrected chi connectivity index (χ4v) is 4.31. The molecule has 128 valence electrons. The molecule has 7 heteroatoms. The number of H-pyrrole nitrogens is 1. The van der Waals surface area contributed by atoms with E-state index < -0.39 is 0 Å². The first-order valence-corrected chi connectivity index (χ1v) is 9.20. The fourth-order valence-electron chi connectivity index (χ4n) is 3.15. The number of aromatic nitrogens is 3. The lowest BCUT2D eigenvalue weighted by Crippen LogP contribution is -1.92. The van der Waals surface area contributed by atoms with Crippen LogP contribution >= 0.6 is 11.8 Å². The maximum atomic E-state index is 11.6. The van der Waals surface area contributed by atoms with E-state index in [2.05, 4.69) is 9.97 Å². The maximum Gasteiger partial charge on any atom is 0.285 e. The van der Waals surface area contributed by atoms with Crippen LogP contribution in [0.2, 0.25) is 0 Å². The zero-order valence-electron chi connectivity index (χ0n) is 13.7. The number of aromatic amines is 1. The summed E-state index contributed by atoms with van der Waals surface area (Å²) in [6, 6.07) is 11.2. The van der Waals surface area contributed by atoms with Crippen LogP contribution in [0, 0.1) is 10.1 Å². The van der Waals surface area contributed by atoms with Gasteiger partial charge in [-0.15, -0.1) is 0 Å². The molecular weight excluding hydrogens is 348 g/mol. The highest BCUT2D eigenvalue weighted by molar-refractivity contribution is 8.00. The quantitative estimate of drug-likeness (QED) is 0.406. The molecule has 26 heavy (non-hydrogen) atoms. The van der Waals surface area contributed by atoms with Gasteiger partial charge in [0.1, 0.15) is 16.2 Å². The van der Waals surface area contributed by atoms with Crippen molar-refractivity contribution in [3.8, 4) is 0 Å². The molecule has 1 aliphatic rings. The zero-order chi connectivity index (χ0) is 17.7. The summed E-state index contributed by atoms with van der Waals surface area (Å²) in [5.41, 5.74) is 1.61. The normalized spacial score (nSPS) is 14.2. The smallest absolute Gasteiger partial charge is 0.285 e. The van der Waals surface area contributed by atoms with E-state index in [0.29, 0.717) is 16.3 Å². The van der Waals surface area contributed by atoms with Crippen LogP contribution in [0.25, 0.3) is 21.8 Å². The van der Waals surface area contributed by atoms with Crippen molar-refractivity contribution < 1.29 is 4.92 Å². The number of nitrogens with zero attached hydrogens (tertiary/aromatic N) is 3. The van der Waals surface area contributed by atoms with Gasteiger partial charge in [0.25, 0.3) is 5.69 Å². The molecule has 6 nitrogen and oxygen atoms in total. The van der Waals surface area contributed by atoms with E-state index >= 15 is 0 Å². The average Bonchev–Trinajstić information content (AvgIpc) is 3.41. The highest BCUT2D eigenvalue weighted by atomic mass is 32.2. The molecule has 5 rings (SSSR count). The molecule has 1 saturated carbocycles. The van der Waals surface area contributed by atoms with E-state index in [4.69, 9.17) is 4.98 Å². The molecular formula is C19H14N4O2S. The Bertz CT molecular complexity index is 1160. The first-order chi connectivity index (χ1) is 12.7. The first kappa shape index (κ1) is 15.3. The van der Waals surface area contributed by atoms with E-state index in [-0.39, 0.29) is 10.6 Å². The van der Waals surface area contributed by atoms with Gasteiger partial charge in [0.05, 0.1) is 10.4 Å². The van der Waals surface area contributed by atoms with Crippen molar-refractivity contribution in [2.75, 3.05) is 0 Å². The minimum Gasteiger partial charge on any atom is -0.342 e. The predicted molar refractivity (Wildman–Crippen MR) is 101 cm³/mol. The lowest BCUT2D eigenvalue weighted by Gasteiger charge is -2.07. The molecule has 2 heterocycles. The van der Waals surface area contributed by atoms with Crippen LogP contribution in [0.4, 0.5) is 5.69 Å². The van der Waals surface area contributed by atoms with Crippen molar-refractivity contribution >= 4 is 39.3 Å². The van der Waals surface area contributed by atoms with Gasteiger partial charge in [-0.1, -0.05) is 23.9 Å². The molecule has 0 unspecified atom stereocenters. The van der Waals surface area contributed by atoms with Crippen molar-refractivity contribution in [1.82, 2.24) is 15.0 Å². The summed E-state index contributed by atoms with van der Waals surface area (Å²) < 4.78 is 0. The molecule has 0 saturated heterocycles. The lowest BCUT2D eigenvalue weighted by atomic mass is 10.2. The number of pyridine rings is 1. The Morgan fingerprint density at radius 1 is 1.19 bits per heavy atom. The van der Waals surface area contributed by atoms with Gasteiger partial charge in [-0.3, -0.25) is 15.1 Å². The molecule has 1 fully saturated rings. The first-order valence-electron chi connectivity index (χ1n) is 8.38. The van der Waals surface area contributed by atoms with Gasteiger partial charge in [-0.2, -0.15) is 0 Å². The Hall–Kier alpha value is -2.93. The van der Waals surface area contributed by atoms with Gasteiger partial charge < -0.3 is 4.98 Å². The van der Waals surface area contributed by atoms with E-state index in [9.17, 15) is 10.1 Å². The van der Waals surface area contributed by atoms with Crippen LogP contribution in [0.15, 0.2) is 58.6 Å². The SMILES string of the molecule is O=[N+]([O-])c1ccc2[nH]c(C3CC3)nc2c1Sc1cccc2cnccc12. The molecule has 2 aromatic heterocycles. The second-order valence-corrected chi connectivity index (χ2v) is 7.47.